The second-order valence-corrected chi connectivity index (χ2v) is 7.43. The van der Waals surface area contributed by atoms with Gasteiger partial charge in [-0.2, -0.15) is 5.10 Å². The van der Waals surface area contributed by atoms with Crippen LogP contribution in [0.25, 0.3) is 5.69 Å². The fraction of sp³-hybridized carbons (Fsp3) is 0.304. The molecule has 2 heterocycles. The number of aromatic nitrogens is 2. The molecule has 1 saturated heterocycles. The predicted molar refractivity (Wildman–Crippen MR) is 111 cm³/mol. The molecule has 5 heteroatoms. The van der Waals surface area contributed by atoms with Gasteiger partial charge in [-0.1, -0.05) is 42.5 Å². The predicted octanol–water partition coefficient (Wildman–Crippen LogP) is 3.58. The number of carbonyl (C=O) groups excluding carboxylic acids is 1. The molecule has 5 nitrogen and oxygen atoms in total. The summed E-state index contributed by atoms with van der Waals surface area (Å²) in [7, 11) is 0. The first kappa shape index (κ1) is 18.4. The average molecular weight is 374 g/mol. The van der Waals surface area contributed by atoms with Crippen LogP contribution in [-0.2, 0) is 6.54 Å². The van der Waals surface area contributed by atoms with E-state index >= 15 is 0 Å². The highest BCUT2D eigenvalue weighted by Gasteiger charge is 2.22. The van der Waals surface area contributed by atoms with Crippen molar-refractivity contribution >= 4 is 5.91 Å². The van der Waals surface area contributed by atoms with E-state index < -0.39 is 0 Å². The Balaban J connectivity index is 1.30. The number of rotatable bonds is 5. The topological polar surface area (TPSA) is 50.2 Å². The van der Waals surface area contributed by atoms with Gasteiger partial charge in [0.05, 0.1) is 5.69 Å². The molecule has 144 valence electrons. The quantitative estimate of drug-likeness (QED) is 0.743. The molecule has 0 spiro atoms. The molecule has 0 unspecified atom stereocenters. The van der Waals surface area contributed by atoms with Crippen molar-refractivity contribution in [3.63, 3.8) is 0 Å². The van der Waals surface area contributed by atoms with E-state index in [4.69, 9.17) is 0 Å². The van der Waals surface area contributed by atoms with E-state index in [0.29, 0.717) is 5.69 Å². The van der Waals surface area contributed by atoms with Crippen molar-refractivity contribution in [3.8, 4) is 5.69 Å². The number of aryl methyl sites for hydroxylation is 1. The van der Waals surface area contributed by atoms with Gasteiger partial charge in [0.25, 0.3) is 5.91 Å². The number of piperidine rings is 1. The number of carbonyl (C=O) groups is 1. The van der Waals surface area contributed by atoms with Gasteiger partial charge in [0.15, 0.2) is 5.69 Å². The van der Waals surface area contributed by atoms with E-state index in [1.807, 2.05) is 36.5 Å². The lowest BCUT2D eigenvalue weighted by atomic mass is 10.0. The molecule has 0 radical (unpaired) electrons. The average Bonchev–Trinajstić information content (AvgIpc) is 3.22. The summed E-state index contributed by atoms with van der Waals surface area (Å²) in [6.07, 6.45) is 3.77. The lowest BCUT2D eigenvalue weighted by Crippen LogP contribution is -2.44. The second kappa shape index (κ2) is 8.40. The van der Waals surface area contributed by atoms with Crippen molar-refractivity contribution in [1.82, 2.24) is 20.0 Å². The van der Waals surface area contributed by atoms with E-state index in [0.717, 1.165) is 38.2 Å². The van der Waals surface area contributed by atoms with Gasteiger partial charge in [0, 0.05) is 31.9 Å². The fourth-order valence-electron chi connectivity index (χ4n) is 3.69. The van der Waals surface area contributed by atoms with Crippen molar-refractivity contribution in [1.29, 1.82) is 0 Å². The Morgan fingerprint density at radius 1 is 1.04 bits per heavy atom. The van der Waals surface area contributed by atoms with E-state index in [9.17, 15) is 4.79 Å². The Kier molecular flexibility index (Phi) is 5.53. The van der Waals surface area contributed by atoms with Crippen LogP contribution in [0.3, 0.4) is 0 Å². The zero-order chi connectivity index (χ0) is 19.3. The lowest BCUT2D eigenvalue weighted by Gasteiger charge is -2.32. The van der Waals surface area contributed by atoms with Crippen molar-refractivity contribution in [2.24, 2.45) is 0 Å². The largest absolute Gasteiger partial charge is 0.348 e. The van der Waals surface area contributed by atoms with Gasteiger partial charge in [-0.05, 0) is 49.1 Å². The smallest absolute Gasteiger partial charge is 0.272 e. The standard InChI is InChI=1S/C23H26N4O/c1-18-7-5-6-8-19(18)17-26-14-11-20(12-15-26)24-23(28)22-13-16-27(25-22)21-9-3-2-4-10-21/h2-10,13,16,20H,11-12,14-15,17H2,1H3,(H,24,28). The summed E-state index contributed by atoms with van der Waals surface area (Å²) in [6, 6.07) is 20.4. The van der Waals surface area contributed by atoms with Crippen molar-refractivity contribution < 1.29 is 4.79 Å². The Morgan fingerprint density at radius 3 is 2.50 bits per heavy atom. The number of hydrogen-bond acceptors (Lipinski definition) is 3. The van der Waals surface area contributed by atoms with Crippen LogP contribution in [0.4, 0.5) is 0 Å². The third-order valence-electron chi connectivity index (χ3n) is 5.42. The van der Waals surface area contributed by atoms with Gasteiger partial charge in [-0.15, -0.1) is 0 Å². The Morgan fingerprint density at radius 2 is 1.75 bits per heavy atom. The summed E-state index contributed by atoms with van der Waals surface area (Å²) in [6.45, 7) is 5.14. The summed E-state index contributed by atoms with van der Waals surface area (Å²) in [5.74, 6) is -0.0907. The molecule has 3 aromatic rings. The number of para-hydroxylation sites is 1. The Labute approximate surface area is 166 Å². The third kappa shape index (κ3) is 4.31. The van der Waals surface area contributed by atoms with E-state index in [-0.39, 0.29) is 11.9 Å². The molecular formula is C23H26N4O. The molecule has 1 amide bonds. The first-order valence-electron chi connectivity index (χ1n) is 9.88. The van der Waals surface area contributed by atoms with Crippen LogP contribution >= 0.6 is 0 Å². The van der Waals surface area contributed by atoms with Crippen molar-refractivity contribution in [2.75, 3.05) is 13.1 Å². The molecule has 1 aliphatic rings. The number of benzene rings is 2. The molecule has 1 aliphatic heterocycles. The minimum absolute atomic E-state index is 0.0907. The Bertz CT molecular complexity index is 927. The molecule has 1 fully saturated rings. The van der Waals surface area contributed by atoms with Gasteiger partial charge in [0.1, 0.15) is 0 Å². The highest BCUT2D eigenvalue weighted by atomic mass is 16.2. The molecule has 4 rings (SSSR count). The normalized spacial score (nSPS) is 15.5. The third-order valence-corrected chi connectivity index (χ3v) is 5.42. The highest BCUT2D eigenvalue weighted by Crippen LogP contribution is 2.16. The van der Waals surface area contributed by atoms with Crippen LogP contribution in [-0.4, -0.2) is 39.7 Å². The van der Waals surface area contributed by atoms with Gasteiger partial charge in [0.2, 0.25) is 0 Å². The highest BCUT2D eigenvalue weighted by molar-refractivity contribution is 5.92. The summed E-state index contributed by atoms with van der Waals surface area (Å²) in [4.78, 5) is 15.0. The minimum Gasteiger partial charge on any atom is -0.348 e. The van der Waals surface area contributed by atoms with E-state index in [1.54, 1.807) is 10.7 Å². The lowest BCUT2D eigenvalue weighted by molar-refractivity contribution is 0.0903. The van der Waals surface area contributed by atoms with Gasteiger partial charge >= 0.3 is 0 Å². The molecule has 0 aliphatic carbocycles. The summed E-state index contributed by atoms with van der Waals surface area (Å²) >= 11 is 0. The SMILES string of the molecule is Cc1ccccc1CN1CCC(NC(=O)c2ccn(-c3ccccc3)n2)CC1. The fourth-order valence-corrected chi connectivity index (χ4v) is 3.69. The first-order chi connectivity index (χ1) is 13.7. The zero-order valence-corrected chi connectivity index (χ0v) is 16.2. The van der Waals surface area contributed by atoms with Crippen molar-refractivity contribution in [2.45, 2.75) is 32.4 Å². The van der Waals surface area contributed by atoms with Gasteiger partial charge in [-0.25, -0.2) is 4.68 Å². The van der Waals surface area contributed by atoms with Crippen LogP contribution in [0.2, 0.25) is 0 Å². The number of hydrogen-bond donors (Lipinski definition) is 1. The maximum absolute atomic E-state index is 12.6. The molecule has 0 bridgehead atoms. The zero-order valence-electron chi connectivity index (χ0n) is 16.2. The monoisotopic (exact) mass is 374 g/mol. The van der Waals surface area contributed by atoms with Gasteiger partial charge in [-0.3, -0.25) is 9.69 Å². The Hall–Kier alpha value is -2.92. The van der Waals surface area contributed by atoms with Crippen LogP contribution in [0.5, 0.6) is 0 Å². The number of likely N-dealkylation sites (tertiary alicyclic amines) is 1. The molecule has 0 saturated carbocycles. The summed E-state index contributed by atoms with van der Waals surface area (Å²) < 4.78 is 1.74. The number of nitrogens with zero attached hydrogens (tertiary/aromatic N) is 3. The second-order valence-electron chi connectivity index (χ2n) is 7.43. The first-order valence-corrected chi connectivity index (χ1v) is 9.88. The van der Waals surface area contributed by atoms with Crippen LogP contribution in [0.1, 0.15) is 34.5 Å². The molecule has 1 N–H and O–H groups in total. The van der Waals surface area contributed by atoms with Gasteiger partial charge < -0.3 is 5.32 Å². The van der Waals surface area contributed by atoms with Crippen LogP contribution < -0.4 is 5.32 Å². The molecule has 28 heavy (non-hydrogen) atoms. The van der Waals surface area contributed by atoms with Crippen LogP contribution in [0.15, 0.2) is 66.9 Å². The molecule has 1 aromatic heterocycles. The molecule has 2 aromatic carbocycles. The van der Waals surface area contributed by atoms with Crippen molar-refractivity contribution in [3.05, 3.63) is 83.7 Å². The number of nitrogens with one attached hydrogen (secondary N) is 1. The number of amides is 1. The summed E-state index contributed by atoms with van der Waals surface area (Å²) in [5.41, 5.74) is 4.14. The van der Waals surface area contributed by atoms with E-state index in [1.165, 1.54) is 11.1 Å². The van der Waals surface area contributed by atoms with E-state index in [2.05, 4.69) is 46.5 Å². The molecule has 0 atom stereocenters. The van der Waals surface area contributed by atoms with Crippen LogP contribution in [0, 0.1) is 6.92 Å². The molecular weight excluding hydrogens is 348 g/mol. The minimum atomic E-state index is -0.0907. The summed E-state index contributed by atoms with van der Waals surface area (Å²) in [5, 5.41) is 7.57. The maximum Gasteiger partial charge on any atom is 0.272 e. The maximum atomic E-state index is 12.6.